The van der Waals surface area contributed by atoms with E-state index in [0.717, 1.165) is 48.1 Å². The first-order valence-corrected chi connectivity index (χ1v) is 11.2. The van der Waals surface area contributed by atoms with Gasteiger partial charge in [-0.05, 0) is 44.4 Å². The Bertz CT molecular complexity index is 1140. The molecule has 1 fully saturated rings. The van der Waals surface area contributed by atoms with Crippen molar-refractivity contribution in [3.8, 4) is 0 Å². The van der Waals surface area contributed by atoms with E-state index in [1.807, 2.05) is 43.1 Å². The van der Waals surface area contributed by atoms with Gasteiger partial charge in [0.1, 0.15) is 11.5 Å². The van der Waals surface area contributed by atoms with Crippen LogP contribution in [-0.4, -0.2) is 51.1 Å². The van der Waals surface area contributed by atoms with Crippen molar-refractivity contribution in [2.24, 2.45) is 0 Å². The zero-order valence-corrected chi connectivity index (χ0v) is 18.5. The molecule has 0 atom stereocenters. The Balaban J connectivity index is 1.42. The lowest BCUT2D eigenvalue weighted by Crippen LogP contribution is -2.31. The van der Waals surface area contributed by atoms with Gasteiger partial charge in [-0.2, -0.15) is 4.98 Å². The number of para-hydroxylation sites is 1. The third-order valence-corrected chi connectivity index (χ3v) is 6.08. The zero-order valence-electron chi connectivity index (χ0n) is 18.5. The van der Waals surface area contributed by atoms with E-state index in [-0.39, 0.29) is 18.0 Å². The Morgan fingerprint density at radius 2 is 2.00 bits per heavy atom. The molecular weight excluding hydrogens is 404 g/mol. The number of amides is 1. The van der Waals surface area contributed by atoms with Crippen molar-refractivity contribution in [1.82, 2.24) is 19.9 Å². The Morgan fingerprint density at radius 1 is 1.19 bits per heavy atom. The van der Waals surface area contributed by atoms with E-state index in [1.54, 1.807) is 0 Å². The highest BCUT2D eigenvalue weighted by molar-refractivity contribution is 5.98. The van der Waals surface area contributed by atoms with Crippen molar-refractivity contribution in [3.63, 3.8) is 0 Å². The Labute approximate surface area is 187 Å². The summed E-state index contributed by atoms with van der Waals surface area (Å²) in [5, 5.41) is 7.96. The van der Waals surface area contributed by atoms with E-state index in [9.17, 15) is 4.79 Å². The van der Waals surface area contributed by atoms with Gasteiger partial charge in [0.05, 0.1) is 12.1 Å². The van der Waals surface area contributed by atoms with Crippen LogP contribution in [0.3, 0.4) is 0 Å². The molecule has 2 N–H and O–H groups in total. The smallest absolute Gasteiger partial charge is 0.273 e. The molecule has 0 aliphatic carbocycles. The first-order chi connectivity index (χ1) is 15.6. The van der Waals surface area contributed by atoms with Crippen molar-refractivity contribution in [2.75, 3.05) is 23.8 Å². The highest BCUT2D eigenvalue weighted by Crippen LogP contribution is 2.30. The molecule has 0 spiro atoms. The molecule has 5 rings (SSSR count). The molecule has 1 amide bonds. The van der Waals surface area contributed by atoms with Crippen LogP contribution in [-0.2, 0) is 17.8 Å². The Hall–Kier alpha value is -3.26. The summed E-state index contributed by atoms with van der Waals surface area (Å²) in [5.74, 6) is 1.16. The zero-order chi connectivity index (χ0) is 22.1. The molecule has 2 aliphatic heterocycles. The summed E-state index contributed by atoms with van der Waals surface area (Å²) in [7, 11) is 0. The van der Waals surface area contributed by atoms with Crippen LogP contribution in [0, 0.1) is 0 Å². The van der Waals surface area contributed by atoms with Gasteiger partial charge in [0.25, 0.3) is 5.91 Å². The third-order valence-electron chi connectivity index (χ3n) is 6.08. The molecule has 8 heteroatoms. The fourth-order valence-electron chi connectivity index (χ4n) is 4.24. The van der Waals surface area contributed by atoms with Gasteiger partial charge in [-0.15, -0.1) is 0 Å². The lowest BCUT2D eigenvalue weighted by Gasteiger charge is -2.23. The minimum atomic E-state index is -0.0390. The minimum absolute atomic E-state index is 0.0390. The standard InChI is InChI=1S/C24H28N6O2/c1-15(2)30-14-19-21(23(30)31)28-24(27-18-7-9-32-10-8-18)29-22(19)26-13-16-11-17-5-3-4-6-20(17)25-12-16/h3-6,11-12,15,18H,7-10,13-14H2,1-2H3,(H2,26,27,28,29). The third kappa shape index (κ3) is 4.10. The van der Waals surface area contributed by atoms with E-state index in [0.29, 0.717) is 30.5 Å². The summed E-state index contributed by atoms with van der Waals surface area (Å²) in [6.07, 6.45) is 3.68. The van der Waals surface area contributed by atoms with Crippen LogP contribution < -0.4 is 10.6 Å². The predicted molar refractivity (Wildman–Crippen MR) is 124 cm³/mol. The second-order valence-corrected chi connectivity index (χ2v) is 8.67. The molecular formula is C24H28N6O2. The number of ether oxygens (including phenoxy) is 1. The molecule has 1 aromatic carbocycles. The number of carbonyl (C=O) groups is 1. The average Bonchev–Trinajstić information content (AvgIpc) is 3.15. The lowest BCUT2D eigenvalue weighted by molar-refractivity contribution is 0.0726. The van der Waals surface area contributed by atoms with E-state index in [1.165, 1.54) is 0 Å². The largest absolute Gasteiger partial charge is 0.381 e. The number of nitrogens with one attached hydrogen (secondary N) is 2. The molecule has 0 unspecified atom stereocenters. The number of pyridine rings is 1. The molecule has 166 valence electrons. The average molecular weight is 433 g/mol. The van der Waals surface area contributed by atoms with Gasteiger partial charge in [0.15, 0.2) is 0 Å². The molecule has 8 nitrogen and oxygen atoms in total. The maximum absolute atomic E-state index is 13.0. The molecule has 1 saturated heterocycles. The van der Waals surface area contributed by atoms with Crippen LogP contribution in [0.5, 0.6) is 0 Å². The number of benzene rings is 1. The first kappa shape index (κ1) is 20.6. The summed E-state index contributed by atoms with van der Waals surface area (Å²) >= 11 is 0. The number of hydrogen-bond acceptors (Lipinski definition) is 7. The van der Waals surface area contributed by atoms with Crippen LogP contribution in [0.2, 0.25) is 0 Å². The van der Waals surface area contributed by atoms with Gasteiger partial charge < -0.3 is 20.3 Å². The van der Waals surface area contributed by atoms with Crippen molar-refractivity contribution in [2.45, 2.75) is 51.9 Å². The van der Waals surface area contributed by atoms with Gasteiger partial charge in [0.2, 0.25) is 5.95 Å². The predicted octanol–water partition coefficient (Wildman–Crippen LogP) is 3.59. The maximum Gasteiger partial charge on any atom is 0.273 e. The van der Waals surface area contributed by atoms with Crippen molar-refractivity contribution in [3.05, 3.63) is 53.3 Å². The van der Waals surface area contributed by atoms with Crippen molar-refractivity contribution >= 4 is 28.6 Å². The summed E-state index contributed by atoms with van der Waals surface area (Å²) in [6, 6.07) is 10.5. The fraction of sp³-hybridized carbons (Fsp3) is 0.417. The molecule has 2 aromatic heterocycles. The molecule has 32 heavy (non-hydrogen) atoms. The normalized spacial score (nSPS) is 16.6. The van der Waals surface area contributed by atoms with E-state index >= 15 is 0 Å². The van der Waals surface area contributed by atoms with Crippen LogP contribution >= 0.6 is 0 Å². The van der Waals surface area contributed by atoms with Crippen LogP contribution in [0.25, 0.3) is 10.9 Å². The number of fused-ring (bicyclic) bond motifs is 2. The van der Waals surface area contributed by atoms with Crippen LogP contribution in [0.4, 0.5) is 11.8 Å². The highest BCUT2D eigenvalue weighted by Gasteiger charge is 2.34. The Morgan fingerprint density at radius 3 is 2.81 bits per heavy atom. The van der Waals surface area contributed by atoms with E-state index in [2.05, 4.69) is 32.7 Å². The maximum atomic E-state index is 13.0. The number of aromatic nitrogens is 3. The number of hydrogen-bond donors (Lipinski definition) is 2. The number of carbonyl (C=O) groups excluding carboxylic acids is 1. The van der Waals surface area contributed by atoms with Gasteiger partial charge in [-0.3, -0.25) is 9.78 Å². The second-order valence-electron chi connectivity index (χ2n) is 8.67. The molecule has 0 saturated carbocycles. The van der Waals surface area contributed by atoms with Gasteiger partial charge >= 0.3 is 0 Å². The minimum Gasteiger partial charge on any atom is -0.381 e. The van der Waals surface area contributed by atoms with E-state index in [4.69, 9.17) is 9.72 Å². The van der Waals surface area contributed by atoms with Crippen molar-refractivity contribution in [1.29, 1.82) is 0 Å². The molecule has 4 heterocycles. The van der Waals surface area contributed by atoms with Crippen LogP contribution in [0.1, 0.15) is 48.3 Å². The fourth-order valence-corrected chi connectivity index (χ4v) is 4.24. The van der Waals surface area contributed by atoms with E-state index < -0.39 is 0 Å². The Kier molecular flexibility index (Phi) is 5.61. The number of anilines is 2. The molecule has 0 bridgehead atoms. The topological polar surface area (TPSA) is 92.3 Å². The number of rotatable bonds is 6. The summed E-state index contributed by atoms with van der Waals surface area (Å²) in [5.41, 5.74) is 3.37. The monoisotopic (exact) mass is 432 g/mol. The molecule has 0 radical (unpaired) electrons. The highest BCUT2D eigenvalue weighted by atomic mass is 16.5. The summed E-state index contributed by atoms with van der Waals surface area (Å²) in [4.78, 5) is 28.8. The summed E-state index contributed by atoms with van der Waals surface area (Å²) < 4.78 is 5.45. The SMILES string of the molecule is CC(C)N1Cc2c(NCc3cnc4ccccc4c3)nc(NC3CCOCC3)nc2C1=O. The quantitative estimate of drug-likeness (QED) is 0.615. The van der Waals surface area contributed by atoms with Gasteiger partial charge in [0, 0.05) is 49.0 Å². The number of nitrogens with zero attached hydrogens (tertiary/aromatic N) is 4. The van der Waals surface area contributed by atoms with Crippen molar-refractivity contribution < 1.29 is 9.53 Å². The lowest BCUT2D eigenvalue weighted by atomic mass is 10.1. The van der Waals surface area contributed by atoms with Gasteiger partial charge in [-0.1, -0.05) is 18.2 Å². The first-order valence-electron chi connectivity index (χ1n) is 11.2. The molecule has 2 aliphatic rings. The summed E-state index contributed by atoms with van der Waals surface area (Å²) in [6.45, 7) is 6.57. The van der Waals surface area contributed by atoms with Crippen LogP contribution in [0.15, 0.2) is 36.5 Å². The second kappa shape index (κ2) is 8.70. The molecule has 3 aromatic rings. The van der Waals surface area contributed by atoms with Gasteiger partial charge in [-0.25, -0.2) is 4.98 Å².